The highest BCUT2D eigenvalue weighted by atomic mass is 16.5. The average Bonchev–Trinajstić information content (AvgIpc) is 2.66. The number of carbonyl (C=O) groups is 1. The molecular weight excluding hydrogens is 364 g/mol. The van der Waals surface area contributed by atoms with Gasteiger partial charge >= 0.3 is 0 Å². The van der Waals surface area contributed by atoms with Gasteiger partial charge in [-0.15, -0.1) is 0 Å². The smallest absolute Gasteiger partial charge is 0.274 e. The Morgan fingerprint density at radius 1 is 0.966 bits per heavy atom. The number of anilines is 3. The topological polar surface area (TPSA) is 76.1 Å². The fraction of sp³-hybridized carbons (Fsp3) is 0.261. The molecule has 0 saturated carbocycles. The largest absolute Gasteiger partial charge is 0.489 e. The first-order chi connectivity index (χ1) is 13.8. The van der Waals surface area contributed by atoms with E-state index in [4.69, 9.17) is 4.74 Å². The van der Waals surface area contributed by atoms with E-state index in [2.05, 4.69) is 20.6 Å². The third kappa shape index (κ3) is 5.10. The lowest BCUT2D eigenvalue weighted by Gasteiger charge is -2.15. The summed E-state index contributed by atoms with van der Waals surface area (Å²) in [5.74, 6) is 0.767. The van der Waals surface area contributed by atoms with Crippen LogP contribution in [0.4, 0.5) is 17.3 Å². The molecule has 150 valence electrons. The van der Waals surface area contributed by atoms with Crippen molar-refractivity contribution in [2.75, 3.05) is 10.6 Å². The summed E-state index contributed by atoms with van der Waals surface area (Å²) in [5.41, 5.74) is 4.65. The molecule has 0 aliphatic rings. The minimum absolute atomic E-state index is 0.0373. The van der Waals surface area contributed by atoms with Gasteiger partial charge in [-0.2, -0.15) is 0 Å². The molecule has 1 amide bonds. The van der Waals surface area contributed by atoms with Gasteiger partial charge < -0.3 is 15.4 Å². The number of ether oxygens (including phenoxy) is 1. The predicted molar refractivity (Wildman–Crippen MR) is 116 cm³/mol. The number of rotatable bonds is 6. The van der Waals surface area contributed by atoms with Crippen LogP contribution in [0, 0.1) is 20.8 Å². The molecule has 3 aromatic rings. The zero-order valence-corrected chi connectivity index (χ0v) is 17.4. The first-order valence-corrected chi connectivity index (χ1v) is 9.59. The molecule has 6 nitrogen and oxygen atoms in total. The highest BCUT2D eigenvalue weighted by Crippen LogP contribution is 2.27. The fourth-order valence-corrected chi connectivity index (χ4v) is 2.86. The number of nitrogens with zero attached hydrogens (tertiary/aromatic N) is 2. The van der Waals surface area contributed by atoms with E-state index in [1.54, 1.807) is 6.07 Å². The maximum atomic E-state index is 12.8. The molecule has 0 aliphatic heterocycles. The monoisotopic (exact) mass is 390 g/mol. The first-order valence-electron chi connectivity index (χ1n) is 9.59. The quantitative estimate of drug-likeness (QED) is 0.606. The number of nitrogens with one attached hydrogen (secondary N) is 2. The number of aryl methyl sites for hydroxylation is 2. The van der Waals surface area contributed by atoms with Crippen molar-refractivity contribution < 1.29 is 9.53 Å². The van der Waals surface area contributed by atoms with Crippen molar-refractivity contribution in [3.63, 3.8) is 0 Å². The van der Waals surface area contributed by atoms with Crippen LogP contribution in [0.1, 0.15) is 41.2 Å². The fourth-order valence-electron chi connectivity index (χ4n) is 2.86. The Morgan fingerprint density at radius 3 is 2.45 bits per heavy atom. The van der Waals surface area contributed by atoms with Crippen molar-refractivity contribution in [3.05, 3.63) is 71.0 Å². The number of amides is 1. The standard InChI is InChI=1S/C23H26N4O2/c1-14(2)29-21-12-7-6-10-19(21)26-23-24-16(4)13-20(27-23)22(28)25-18-11-8-9-15(3)17(18)5/h6-14H,1-5H3,(H,25,28)(H,24,26,27). The average molecular weight is 390 g/mol. The molecule has 0 spiro atoms. The maximum absolute atomic E-state index is 12.8. The van der Waals surface area contributed by atoms with Crippen molar-refractivity contribution in [2.24, 2.45) is 0 Å². The molecule has 0 aliphatic carbocycles. The second kappa shape index (κ2) is 8.73. The van der Waals surface area contributed by atoms with Gasteiger partial charge in [-0.1, -0.05) is 24.3 Å². The summed E-state index contributed by atoms with van der Waals surface area (Å²) in [4.78, 5) is 21.6. The Morgan fingerprint density at radius 2 is 1.69 bits per heavy atom. The second-order valence-corrected chi connectivity index (χ2v) is 7.21. The van der Waals surface area contributed by atoms with Crippen LogP contribution < -0.4 is 15.4 Å². The van der Waals surface area contributed by atoms with Gasteiger partial charge in [0.15, 0.2) is 0 Å². The second-order valence-electron chi connectivity index (χ2n) is 7.21. The number of carbonyl (C=O) groups excluding carboxylic acids is 1. The van der Waals surface area contributed by atoms with E-state index >= 15 is 0 Å². The van der Waals surface area contributed by atoms with Crippen LogP contribution in [0.2, 0.25) is 0 Å². The first kappa shape index (κ1) is 20.3. The molecule has 2 N–H and O–H groups in total. The van der Waals surface area contributed by atoms with E-state index in [1.165, 1.54) is 0 Å². The molecular formula is C23H26N4O2. The van der Waals surface area contributed by atoms with Gasteiger partial charge in [0.25, 0.3) is 5.91 Å². The molecule has 6 heteroatoms. The highest BCUT2D eigenvalue weighted by Gasteiger charge is 2.14. The van der Waals surface area contributed by atoms with E-state index in [-0.39, 0.29) is 12.0 Å². The van der Waals surface area contributed by atoms with Crippen molar-refractivity contribution in [1.29, 1.82) is 0 Å². The van der Waals surface area contributed by atoms with E-state index in [9.17, 15) is 4.79 Å². The Labute approximate surface area is 171 Å². The van der Waals surface area contributed by atoms with Gasteiger partial charge in [0.05, 0.1) is 11.8 Å². The van der Waals surface area contributed by atoms with Crippen molar-refractivity contribution in [1.82, 2.24) is 9.97 Å². The predicted octanol–water partition coefficient (Wildman–Crippen LogP) is 5.18. The van der Waals surface area contributed by atoms with Crippen LogP contribution in [0.3, 0.4) is 0 Å². The molecule has 2 aromatic carbocycles. The molecule has 0 atom stereocenters. The van der Waals surface area contributed by atoms with Gasteiger partial charge in [-0.05, 0) is 70.0 Å². The molecule has 0 fully saturated rings. The van der Waals surface area contributed by atoms with Crippen LogP contribution in [0.25, 0.3) is 0 Å². The highest BCUT2D eigenvalue weighted by molar-refractivity contribution is 6.03. The Hall–Kier alpha value is -3.41. The van der Waals surface area contributed by atoms with E-state index < -0.39 is 0 Å². The summed E-state index contributed by atoms with van der Waals surface area (Å²) in [6.07, 6.45) is 0.0373. The summed E-state index contributed by atoms with van der Waals surface area (Å²) in [6.45, 7) is 9.76. The molecule has 0 unspecified atom stereocenters. The Bertz CT molecular complexity index is 1030. The van der Waals surface area contributed by atoms with Crippen molar-refractivity contribution >= 4 is 23.2 Å². The van der Waals surface area contributed by atoms with Gasteiger partial charge in [0, 0.05) is 11.4 Å². The molecule has 1 aromatic heterocycles. The summed E-state index contributed by atoms with van der Waals surface area (Å²) in [5, 5.41) is 6.11. The van der Waals surface area contributed by atoms with Gasteiger partial charge in [-0.3, -0.25) is 4.79 Å². The minimum atomic E-state index is -0.279. The lowest BCUT2D eigenvalue weighted by atomic mass is 10.1. The van der Waals surface area contributed by atoms with Gasteiger partial charge in [0.2, 0.25) is 5.95 Å². The number of benzene rings is 2. The van der Waals surface area contributed by atoms with Crippen molar-refractivity contribution in [3.8, 4) is 5.75 Å². The normalized spacial score (nSPS) is 10.7. The van der Waals surface area contributed by atoms with Gasteiger partial charge in [0.1, 0.15) is 11.4 Å². The van der Waals surface area contributed by atoms with E-state index in [0.29, 0.717) is 23.1 Å². The molecule has 3 rings (SSSR count). The minimum Gasteiger partial charge on any atom is -0.489 e. The zero-order valence-electron chi connectivity index (χ0n) is 17.4. The van der Waals surface area contributed by atoms with Crippen molar-refractivity contribution in [2.45, 2.75) is 40.7 Å². The Kier molecular flexibility index (Phi) is 6.12. The van der Waals surface area contributed by atoms with Crippen LogP contribution in [0.5, 0.6) is 5.75 Å². The summed E-state index contributed by atoms with van der Waals surface area (Å²) in [6, 6.07) is 15.1. The molecule has 29 heavy (non-hydrogen) atoms. The third-order valence-electron chi connectivity index (χ3n) is 4.44. The Balaban J connectivity index is 1.85. The van der Waals surface area contributed by atoms with Crippen LogP contribution in [0.15, 0.2) is 48.5 Å². The number of hydrogen-bond acceptors (Lipinski definition) is 5. The summed E-state index contributed by atoms with van der Waals surface area (Å²) >= 11 is 0. The van der Waals surface area contributed by atoms with Crippen LogP contribution >= 0.6 is 0 Å². The maximum Gasteiger partial charge on any atom is 0.274 e. The number of para-hydroxylation sites is 2. The molecule has 0 bridgehead atoms. The van der Waals surface area contributed by atoms with Gasteiger partial charge in [-0.25, -0.2) is 9.97 Å². The van der Waals surface area contributed by atoms with Crippen LogP contribution in [-0.4, -0.2) is 22.0 Å². The summed E-state index contributed by atoms with van der Waals surface area (Å²) in [7, 11) is 0. The van der Waals surface area contributed by atoms with Crippen LogP contribution in [-0.2, 0) is 0 Å². The molecule has 0 saturated heterocycles. The zero-order chi connectivity index (χ0) is 21.0. The number of aromatic nitrogens is 2. The third-order valence-corrected chi connectivity index (χ3v) is 4.44. The summed E-state index contributed by atoms with van der Waals surface area (Å²) < 4.78 is 5.83. The lowest BCUT2D eigenvalue weighted by molar-refractivity contribution is 0.102. The number of hydrogen-bond donors (Lipinski definition) is 2. The SMILES string of the molecule is Cc1cc(C(=O)Nc2cccc(C)c2C)nc(Nc2ccccc2OC(C)C)n1. The lowest BCUT2D eigenvalue weighted by Crippen LogP contribution is -2.16. The van der Waals surface area contributed by atoms with E-state index in [1.807, 2.05) is 77.1 Å². The molecule has 0 radical (unpaired) electrons. The molecule has 1 heterocycles. The van der Waals surface area contributed by atoms with E-state index in [0.717, 1.165) is 22.5 Å².